The lowest BCUT2D eigenvalue weighted by Gasteiger charge is -2.34. The zero-order valence-electron chi connectivity index (χ0n) is 17.8. The summed E-state index contributed by atoms with van der Waals surface area (Å²) in [6, 6.07) is 33.4. The molecule has 1 atom stereocenters. The number of non-ortho nitro benzene ring substituents is 1. The standard InChI is InChI=1S/C26H23N2O4P/c29-27(20-21-10-4-1-5-11-21)26(22-16-18-23(19-17-22)28(30)31)33(32,24-12-6-2-7-13-24)25-14-8-3-9-15-25/h1-19,26,29H,20H2. The lowest BCUT2D eigenvalue weighted by atomic mass is 10.2. The van der Waals surface area contributed by atoms with Crippen LogP contribution in [0.25, 0.3) is 0 Å². The lowest BCUT2D eigenvalue weighted by Crippen LogP contribution is -2.32. The van der Waals surface area contributed by atoms with Gasteiger partial charge in [-0.3, -0.25) is 10.1 Å². The van der Waals surface area contributed by atoms with Crippen LogP contribution < -0.4 is 10.6 Å². The number of benzene rings is 4. The summed E-state index contributed by atoms with van der Waals surface area (Å²) in [5.74, 6) is -0.955. The highest BCUT2D eigenvalue weighted by Gasteiger charge is 2.41. The van der Waals surface area contributed by atoms with Gasteiger partial charge >= 0.3 is 0 Å². The molecule has 0 aliphatic carbocycles. The molecule has 0 aliphatic heterocycles. The number of hydrogen-bond donors (Lipinski definition) is 1. The van der Waals surface area contributed by atoms with Crippen LogP contribution in [0.3, 0.4) is 0 Å². The Morgan fingerprint density at radius 3 is 1.67 bits per heavy atom. The molecule has 1 unspecified atom stereocenters. The van der Waals surface area contributed by atoms with Crippen molar-refractivity contribution in [2.24, 2.45) is 0 Å². The predicted octanol–water partition coefficient (Wildman–Crippen LogP) is 5.50. The Balaban J connectivity index is 1.90. The van der Waals surface area contributed by atoms with Crippen molar-refractivity contribution in [3.63, 3.8) is 0 Å². The first kappa shape index (κ1) is 22.6. The van der Waals surface area contributed by atoms with Gasteiger partial charge in [-0.2, -0.15) is 5.06 Å². The summed E-state index contributed by atoms with van der Waals surface area (Å²) in [6.07, 6.45) is 0. The van der Waals surface area contributed by atoms with Crippen LogP contribution in [-0.2, 0) is 11.1 Å². The smallest absolute Gasteiger partial charge is 0.269 e. The number of nitro groups is 1. The molecular weight excluding hydrogens is 435 g/mol. The van der Waals surface area contributed by atoms with E-state index in [2.05, 4.69) is 0 Å². The van der Waals surface area contributed by atoms with Crippen molar-refractivity contribution in [3.8, 4) is 0 Å². The summed E-state index contributed by atoms with van der Waals surface area (Å²) in [4.78, 5) is 10.7. The predicted molar refractivity (Wildman–Crippen MR) is 129 cm³/mol. The molecule has 166 valence electrons. The van der Waals surface area contributed by atoms with Crippen LogP contribution in [0.5, 0.6) is 0 Å². The number of hydrogen-bond acceptors (Lipinski definition) is 5. The Kier molecular flexibility index (Phi) is 6.80. The maximum atomic E-state index is 15.0. The molecular formula is C26H23N2O4P. The van der Waals surface area contributed by atoms with Crippen LogP contribution in [0.2, 0.25) is 0 Å². The minimum absolute atomic E-state index is 0.0701. The van der Waals surface area contributed by atoms with Crippen LogP contribution in [0.1, 0.15) is 16.9 Å². The Morgan fingerprint density at radius 2 is 1.21 bits per heavy atom. The highest BCUT2D eigenvalue weighted by Crippen LogP contribution is 2.58. The third-order valence-electron chi connectivity index (χ3n) is 5.50. The first-order valence-electron chi connectivity index (χ1n) is 10.4. The molecule has 0 radical (unpaired) electrons. The number of rotatable bonds is 8. The van der Waals surface area contributed by atoms with E-state index < -0.39 is 17.8 Å². The second-order valence-corrected chi connectivity index (χ2v) is 10.5. The van der Waals surface area contributed by atoms with E-state index in [1.807, 2.05) is 66.7 Å². The van der Waals surface area contributed by atoms with E-state index in [-0.39, 0.29) is 12.2 Å². The van der Waals surface area contributed by atoms with Crippen molar-refractivity contribution in [2.75, 3.05) is 0 Å². The first-order chi connectivity index (χ1) is 16.0. The molecule has 6 nitrogen and oxygen atoms in total. The molecule has 0 aliphatic rings. The Bertz CT molecular complexity index is 1210. The third-order valence-corrected chi connectivity index (χ3v) is 8.88. The zero-order valence-corrected chi connectivity index (χ0v) is 18.7. The average molecular weight is 458 g/mol. The van der Waals surface area contributed by atoms with Crippen LogP contribution in [-0.4, -0.2) is 15.2 Å². The Hall–Kier alpha value is -3.57. The van der Waals surface area contributed by atoms with Crippen molar-refractivity contribution in [1.82, 2.24) is 5.06 Å². The van der Waals surface area contributed by atoms with E-state index in [1.54, 1.807) is 36.4 Å². The van der Waals surface area contributed by atoms with E-state index in [9.17, 15) is 15.3 Å². The highest BCUT2D eigenvalue weighted by atomic mass is 31.2. The van der Waals surface area contributed by atoms with Crippen LogP contribution >= 0.6 is 7.14 Å². The van der Waals surface area contributed by atoms with E-state index in [0.717, 1.165) is 10.6 Å². The first-order valence-corrected chi connectivity index (χ1v) is 12.2. The molecule has 33 heavy (non-hydrogen) atoms. The van der Waals surface area contributed by atoms with Gasteiger partial charge in [-0.1, -0.05) is 103 Å². The molecule has 1 N–H and O–H groups in total. The monoisotopic (exact) mass is 458 g/mol. The van der Waals surface area contributed by atoms with Crippen molar-refractivity contribution in [1.29, 1.82) is 0 Å². The van der Waals surface area contributed by atoms with Crippen molar-refractivity contribution in [3.05, 3.63) is 137 Å². The zero-order chi connectivity index (χ0) is 23.3. The molecule has 4 rings (SSSR count). The molecule has 0 saturated heterocycles. The molecule has 4 aromatic carbocycles. The minimum Gasteiger partial charge on any atom is -0.313 e. The molecule has 4 aromatic rings. The van der Waals surface area contributed by atoms with Crippen molar-refractivity contribution >= 4 is 23.4 Å². The molecule has 0 fully saturated rings. The fourth-order valence-corrected chi connectivity index (χ4v) is 7.07. The summed E-state index contributed by atoms with van der Waals surface area (Å²) in [6.45, 7) is 0.131. The summed E-state index contributed by atoms with van der Waals surface area (Å²) >= 11 is 0. The summed E-state index contributed by atoms with van der Waals surface area (Å²) in [7, 11) is -3.48. The van der Waals surface area contributed by atoms with E-state index in [1.165, 1.54) is 12.1 Å². The third kappa shape index (κ3) is 4.78. The molecule has 0 spiro atoms. The second kappa shape index (κ2) is 9.92. The maximum absolute atomic E-state index is 15.0. The normalized spacial score (nSPS) is 12.4. The van der Waals surface area contributed by atoms with Gasteiger partial charge in [-0.05, 0) is 11.1 Å². The van der Waals surface area contributed by atoms with Gasteiger partial charge in [-0.15, -0.1) is 0 Å². The van der Waals surface area contributed by atoms with Gasteiger partial charge in [0.05, 0.1) is 11.5 Å². The van der Waals surface area contributed by atoms with Gasteiger partial charge in [0.25, 0.3) is 5.69 Å². The van der Waals surface area contributed by atoms with Crippen molar-refractivity contribution < 1.29 is 14.7 Å². The number of nitrogens with zero attached hydrogens (tertiary/aromatic N) is 2. The minimum atomic E-state index is -3.48. The van der Waals surface area contributed by atoms with Gasteiger partial charge in [0.2, 0.25) is 0 Å². The van der Waals surface area contributed by atoms with Gasteiger partial charge in [-0.25, -0.2) is 0 Å². The highest BCUT2D eigenvalue weighted by molar-refractivity contribution is 7.78. The molecule has 0 heterocycles. The van der Waals surface area contributed by atoms with Crippen LogP contribution in [0.15, 0.2) is 115 Å². The number of nitro benzene ring substituents is 1. The lowest BCUT2D eigenvalue weighted by molar-refractivity contribution is -0.384. The Labute approximate surface area is 192 Å². The molecule has 0 aromatic heterocycles. The molecule has 0 amide bonds. The van der Waals surface area contributed by atoms with Gasteiger partial charge in [0.1, 0.15) is 5.78 Å². The van der Waals surface area contributed by atoms with E-state index in [0.29, 0.717) is 16.2 Å². The number of hydroxylamine groups is 2. The van der Waals surface area contributed by atoms with E-state index >= 15 is 4.57 Å². The molecule has 0 saturated carbocycles. The summed E-state index contributed by atoms with van der Waals surface area (Å²) in [5, 5.41) is 24.8. The molecule has 7 heteroatoms. The quantitative estimate of drug-likeness (QED) is 0.214. The van der Waals surface area contributed by atoms with Gasteiger partial charge in [0, 0.05) is 22.7 Å². The van der Waals surface area contributed by atoms with E-state index in [4.69, 9.17) is 0 Å². The average Bonchev–Trinajstić information content (AvgIpc) is 2.86. The fourth-order valence-electron chi connectivity index (χ4n) is 3.93. The van der Waals surface area contributed by atoms with Gasteiger partial charge < -0.3 is 9.77 Å². The Morgan fingerprint density at radius 1 is 0.758 bits per heavy atom. The van der Waals surface area contributed by atoms with Crippen molar-refractivity contribution in [2.45, 2.75) is 12.3 Å². The fraction of sp³-hybridized carbons (Fsp3) is 0.0769. The van der Waals surface area contributed by atoms with Gasteiger partial charge in [0.15, 0.2) is 7.14 Å². The maximum Gasteiger partial charge on any atom is 0.269 e. The summed E-state index contributed by atoms with van der Waals surface area (Å²) < 4.78 is 15.0. The summed E-state index contributed by atoms with van der Waals surface area (Å²) in [5.41, 5.74) is 1.30. The van der Waals surface area contributed by atoms with Crippen LogP contribution in [0, 0.1) is 10.1 Å². The van der Waals surface area contributed by atoms with Crippen LogP contribution in [0.4, 0.5) is 5.69 Å². The SMILES string of the molecule is O=[N+]([O-])c1ccc(C(N(O)Cc2ccccc2)P(=O)(c2ccccc2)c2ccccc2)cc1. The topological polar surface area (TPSA) is 83.7 Å². The second-order valence-electron chi connectivity index (χ2n) is 7.63. The largest absolute Gasteiger partial charge is 0.313 e. The molecule has 0 bridgehead atoms.